The van der Waals surface area contributed by atoms with Crippen LogP contribution in [-0.2, 0) is 11.2 Å². The first kappa shape index (κ1) is 21.5. The normalized spacial score (nSPS) is 18.2. The van der Waals surface area contributed by atoms with Crippen LogP contribution in [0.2, 0.25) is 0 Å². The summed E-state index contributed by atoms with van der Waals surface area (Å²) in [6.45, 7) is 3.24. The number of rotatable bonds is 5. The third-order valence-electron chi connectivity index (χ3n) is 6.61. The molecular weight excluding hydrogens is 395 g/mol. The van der Waals surface area contributed by atoms with E-state index in [-0.39, 0.29) is 29.6 Å². The summed E-state index contributed by atoms with van der Waals surface area (Å²) in [5.41, 5.74) is 2.15. The number of benzene rings is 1. The van der Waals surface area contributed by atoms with Crippen LogP contribution in [-0.4, -0.2) is 45.6 Å². The first-order valence-electron chi connectivity index (χ1n) is 11.5. The Morgan fingerprint density at radius 2 is 1.74 bits per heavy atom. The molecule has 166 valence electrons. The second kappa shape index (κ2) is 9.62. The fraction of sp³-hybridized carbons (Fsp3) is 0.542. The summed E-state index contributed by atoms with van der Waals surface area (Å²) in [6.07, 6.45) is 9.35. The molecule has 2 aromatic rings. The molecular formula is C24H31FN4O2. The van der Waals surface area contributed by atoms with E-state index < -0.39 is 0 Å². The zero-order chi connectivity index (χ0) is 21.8. The van der Waals surface area contributed by atoms with Crippen molar-refractivity contribution < 1.29 is 14.0 Å². The highest BCUT2D eigenvalue weighted by molar-refractivity contribution is 5.95. The SMILES string of the molecule is CCc1c(C(=O)N2CCC(NC(=O)C3CCCCC3)CC2)cnn1-c1ccc(F)cc1. The minimum Gasteiger partial charge on any atom is -0.353 e. The van der Waals surface area contributed by atoms with Crippen molar-refractivity contribution in [1.29, 1.82) is 0 Å². The minimum atomic E-state index is -0.302. The summed E-state index contributed by atoms with van der Waals surface area (Å²) in [5, 5.41) is 7.62. The van der Waals surface area contributed by atoms with E-state index in [0.717, 1.165) is 49.9 Å². The van der Waals surface area contributed by atoms with Gasteiger partial charge < -0.3 is 10.2 Å². The van der Waals surface area contributed by atoms with Gasteiger partial charge >= 0.3 is 0 Å². The van der Waals surface area contributed by atoms with Gasteiger partial charge in [-0.05, 0) is 56.4 Å². The Bertz CT molecular complexity index is 910. The summed E-state index contributed by atoms with van der Waals surface area (Å²) in [5.74, 6) is 0.0297. The van der Waals surface area contributed by atoms with Crippen LogP contribution in [0.15, 0.2) is 30.5 Å². The number of halogens is 1. The average Bonchev–Trinajstić information content (AvgIpc) is 3.24. The number of carbonyl (C=O) groups excluding carboxylic acids is 2. The van der Waals surface area contributed by atoms with Crippen molar-refractivity contribution in [3.05, 3.63) is 47.5 Å². The second-order valence-electron chi connectivity index (χ2n) is 8.66. The van der Waals surface area contributed by atoms with E-state index in [9.17, 15) is 14.0 Å². The Hall–Kier alpha value is -2.70. The molecule has 1 aromatic heterocycles. The standard InChI is InChI=1S/C24H31FN4O2/c1-2-22-21(16-26-29(22)20-10-8-18(25)9-11-20)24(31)28-14-12-19(13-15-28)27-23(30)17-6-4-3-5-7-17/h8-11,16-17,19H,2-7,12-15H2,1H3,(H,27,30). The van der Waals surface area contributed by atoms with Crippen molar-refractivity contribution >= 4 is 11.8 Å². The molecule has 6 nitrogen and oxygen atoms in total. The van der Waals surface area contributed by atoms with E-state index in [1.807, 2.05) is 11.8 Å². The lowest BCUT2D eigenvalue weighted by Crippen LogP contribution is -2.48. The molecule has 2 amide bonds. The Labute approximate surface area is 182 Å². The summed E-state index contributed by atoms with van der Waals surface area (Å²) >= 11 is 0. The van der Waals surface area contributed by atoms with Crippen molar-refractivity contribution in [2.45, 2.75) is 64.3 Å². The third-order valence-corrected chi connectivity index (χ3v) is 6.61. The predicted octanol–water partition coefficient (Wildman–Crippen LogP) is 3.87. The Kier molecular flexibility index (Phi) is 6.68. The monoisotopic (exact) mass is 426 g/mol. The van der Waals surface area contributed by atoms with E-state index in [1.54, 1.807) is 23.0 Å². The second-order valence-corrected chi connectivity index (χ2v) is 8.66. The van der Waals surface area contributed by atoms with Crippen LogP contribution in [0.5, 0.6) is 0 Å². The van der Waals surface area contributed by atoms with Gasteiger partial charge in [-0.1, -0.05) is 26.2 Å². The maximum absolute atomic E-state index is 13.3. The Morgan fingerprint density at radius 3 is 2.39 bits per heavy atom. The van der Waals surface area contributed by atoms with Gasteiger partial charge in [-0.15, -0.1) is 0 Å². The van der Waals surface area contributed by atoms with Gasteiger partial charge in [-0.2, -0.15) is 5.10 Å². The largest absolute Gasteiger partial charge is 0.353 e. The number of nitrogens with zero attached hydrogens (tertiary/aromatic N) is 3. The van der Waals surface area contributed by atoms with Gasteiger partial charge in [0.05, 0.1) is 23.1 Å². The summed E-state index contributed by atoms with van der Waals surface area (Å²) in [6, 6.07) is 6.26. The molecule has 1 saturated carbocycles. The molecule has 0 radical (unpaired) electrons. The first-order chi connectivity index (χ1) is 15.1. The van der Waals surface area contributed by atoms with Gasteiger partial charge in [-0.25, -0.2) is 9.07 Å². The fourth-order valence-corrected chi connectivity index (χ4v) is 4.78. The van der Waals surface area contributed by atoms with Gasteiger partial charge in [0.15, 0.2) is 0 Å². The lowest BCUT2D eigenvalue weighted by atomic mass is 9.88. The topological polar surface area (TPSA) is 67.2 Å². The zero-order valence-corrected chi connectivity index (χ0v) is 18.1. The van der Waals surface area contributed by atoms with Crippen molar-refractivity contribution in [1.82, 2.24) is 20.0 Å². The molecule has 7 heteroatoms. The third kappa shape index (κ3) is 4.81. The van der Waals surface area contributed by atoms with Crippen LogP contribution in [0, 0.1) is 11.7 Å². The molecule has 0 spiro atoms. The van der Waals surface area contributed by atoms with Crippen molar-refractivity contribution in [2.24, 2.45) is 5.92 Å². The number of nitrogens with one attached hydrogen (secondary N) is 1. The van der Waals surface area contributed by atoms with Gasteiger partial charge in [-0.3, -0.25) is 9.59 Å². The van der Waals surface area contributed by atoms with Crippen LogP contribution in [0.1, 0.15) is 67.9 Å². The Morgan fingerprint density at radius 1 is 1.06 bits per heavy atom. The molecule has 2 fully saturated rings. The molecule has 1 saturated heterocycles. The van der Waals surface area contributed by atoms with Crippen molar-refractivity contribution in [2.75, 3.05) is 13.1 Å². The lowest BCUT2D eigenvalue weighted by molar-refractivity contribution is -0.126. The molecule has 0 atom stereocenters. The van der Waals surface area contributed by atoms with Crippen LogP contribution in [0.3, 0.4) is 0 Å². The summed E-state index contributed by atoms with van der Waals surface area (Å²) in [4.78, 5) is 27.6. The minimum absolute atomic E-state index is 0.0257. The van der Waals surface area contributed by atoms with E-state index in [0.29, 0.717) is 25.1 Å². The lowest BCUT2D eigenvalue weighted by Gasteiger charge is -2.33. The molecule has 2 aliphatic rings. The van der Waals surface area contributed by atoms with Gasteiger partial charge in [0, 0.05) is 25.0 Å². The zero-order valence-electron chi connectivity index (χ0n) is 18.1. The fourth-order valence-electron chi connectivity index (χ4n) is 4.78. The molecule has 4 rings (SSSR count). The first-order valence-corrected chi connectivity index (χ1v) is 11.5. The van der Waals surface area contributed by atoms with Crippen LogP contribution in [0.4, 0.5) is 4.39 Å². The molecule has 0 unspecified atom stereocenters. The molecule has 1 N–H and O–H groups in total. The maximum Gasteiger partial charge on any atom is 0.257 e. The number of carbonyl (C=O) groups is 2. The number of hydrogen-bond acceptors (Lipinski definition) is 3. The number of aromatic nitrogens is 2. The number of hydrogen-bond donors (Lipinski definition) is 1. The molecule has 0 bridgehead atoms. The van der Waals surface area contributed by atoms with Crippen LogP contribution >= 0.6 is 0 Å². The van der Waals surface area contributed by atoms with E-state index >= 15 is 0 Å². The van der Waals surface area contributed by atoms with Gasteiger partial charge in [0.1, 0.15) is 5.82 Å². The van der Waals surface area contributed by atoms with Gasteiger partial charge in [0.25, 0.3) is 5.91 Å². The molecule has 1 aliphatic carbocycles. The predicted molar refractivity (Wildman–Crippen MR) is 117 cm³/mol. The van der Waals surface area contributed by atoms with Crippen molar-refractivity contribution in [3.63, 3.8) is 0 Å². The number of amides is 2. The van der Waals surface area contributed by atoms with E-state index in [4.69, 9.17) is 0 Å². The summed E-state index contributed by atoms with van der Waals surface area (Å²) in [7, 11) is 0. The van der Waals surface area contributed by atoms with E-state index in [2.05, 4.69) is 10.4 Å². The average molecular weight is 427 g/mol. The van der Waals surface area contributed by atoms with Crippen LogP contribution < -0.4 is 5.32 Å². The maximum atomic E-state index is 13.3. The molecule has 1 aliphatic heterocycles. The van der Waals surface area contributed by atoms with Gasteiger partial charge in [0.2, 0.25) is 5.91 Å². The molecule has 1 aromatic carbocycles. The van der Waals surface area contributed by atoms with Crippen LogP contribution in [0.25, 0.3) is 5.69 Å². The highest BCUT2D eigenvalue weighted by Gasteiger charge is 2.29. The van der Waals surface area contributed by atoms with Crippen molar-refractivity contribution in [3.8, 4) is 5.69 Å². The molecule has 2 heterocycles. The molecule has 31 heavy (non-hydrogen) atoms. The van der Waals surface area contributed by atoms with E-state index in [1.165, 1.54) is 18.6 Å². The summed E-state index contributed by atoms with van der Waals surface area (Å²) < 4.78 is 15.0. The highest BCUT2D eigenvalue weighted by atomic mass is 19.1. The Balaban J connectivity index is 1.37. The number of likely N-dealkylation sites (tertiary alicyclic amines) is 1. The number of piperidine rings is 1. The quantitative estimate of drug-likeness (QED) is 0.789. The highest BCUT2D eigenvalue weighted by Crippen LogP contribution is 2.25. The smallest absolute Gasteiger partial charge is 0.257 e.